The van der Waals surface area contributed by atoms with Gasteiger partial charge in [-0.15, -0.1) is 0 Å². The molecule has 0 radical (unpaired) electrons. The first-order chi connectivity index (χ1) is 9.43. The highest BCUT2D eigenvalue weighted by Crippen LogP contribution is 2.31. The molecule has 2 fully saturated rings. The summed E-state index contributed by atoms with van der Waals surface area (Å²) in [6.45, 7) is 3.86. The Balaban J connectivity index is 2.16. The molecular formula is C14H23N3O3. The zero-order valence-corrected chi connectivity index (χ0v) is 12.1. The van der Waals surface area contributed by atoms with Crippen LogP contribution in [0.3, 0.4) is 0 Å². The van der Waals surface area contributed by atoms with Gasteiger partial charge in [0.2, 0.25) is 17.7 Å². The number of nitrogens with zero attached hydrogens (tertiary/aromatic N) is 1. The van der Waals surface area contributed by atoms with Crippen molar-refractivity contribution in [3.8, 4) is 0 Å². The van der Waals surface area contributed by atoms with Gasteiger partial charge in [-0.2, -0.15) is 0 Å². The molecule has 4 unspecified atom stereocenters. The standard InChI is InChI=1S/C14H23N3O3/c1-3-11-13(19)16-12(18)7-17(11)14(20)10-6-9(15)5-4-8(10)2/h8-11H,3-7,15H2,1-2H3,(H,16,18,19). The summed E-state index contributed by atoms with van der Waals surface area (Å²) in [5, 5.41) is 2.29. The van der Waals surface area contributed by atoms with Gasteiger partial charge >= 0.3 is 0 Å². The van der Waals surface area contributed by atoms with Gasteiger partial charge in [-0.25, -0.2) is 0 Å². The summed E-state index contributed by atoms with van der Waals surface area (Å²) in [5.74, 6) is -0.792. The lowest BCUT2D eigenvalue weighted by Gasteiger charge is -2.39. The molecule has 6 nitrogen and oxygen atoms in total. The lowest BCUT2D eigenvalue weighted by Crippen LogP contribution is -2.61. The number of carbonyl (C=O) groups excluding carboxylic acids is 3. The summed E-state index contributed by atoms with van der Waals surface area (Å²) < 4.78 is 0. The van der Waals surface area contributed by atoms with Crippen molar-refractivity contribution in [3.63, 3.8) is 0 Å². The second-order valence-electron chi connectivity index (χ2n) is 5.96. The first kappa shape index (κ1) is 15.0. The first-order valence-corrected chi connectivity index (χ1v) is 7.33. The van der Waals surface area contributed by atoms with Crippen LogP contribution >= 0.6 is 0 Å². The summed E-state index contributed by atoms with van der Waals surface area (Å²) in [6, 6.07) is -0.500. The molecule has 112 valence electrons. The van der Waals surface area contributed by atoms with E-state index in [1.165, 1.54) is 4.90 Å². The quantitative estimate of drug-likeness (QED) is 0.698. The van der Waals surface area contributed by atoms with Crippen molar-refractivity contribution in [3.05, 3.63) is 0 Å². The number of hydrogen-bond donors (Lipinski definition) is 2. The molecule has 1 aliphatic carbocycles. The third kappa shape index (κ3) is 2.85. The molecule has 1 heterocycles. The maximum Gasteiger partial charge on any atom is 0.249 e. The minimum absolute atomic E-state index is 0.0263. The summed E-state index contributed by atoms with van der Waals surface area (Å²) in [4.78, 5) is 37.5. The van der Waals surface area contributed by atoms with Crippen LogP contribution in [0.1, 0.15) is 39.5 Å². The lowest BCUT2D eigenvalue weighted by atomic mass is 9.77. The van der Waals surface area contributed by atoms with Crippen LogP contribution in [-0.2, 0) is 14.4 Å². The summed E-state index contributed by atoms with van der Waals surface area (Å²) in [5.41, 5.74) is 5.96. The minimum Gasteiger partial charge on any atom is -0.328 e. The lowest BCUT2D eigenvalue weighted by molar-refractivity contribution is -0.154. The van der Waals surface area contributed by atoms with Crippen LogP contribution in [0.5, 0.6) is 0 Å². The fourth-order valence-electron chi connectivity index (χ4n) is 3.22. The number of carbonyl (C=O) groups is 3. The van der Waals surface area contributed by atoms with Crippen molar-refractivity contribution in [1.82, 2.24) is 10.2 Å². The number of amides is 3. The highest BCUT2D eigenvalue weighted by molar-refractivity contribution is 6.04. The van der Waals surface area contributed by atoms with E-state index < -0.39 is 11.9 Å². The fourth-order valence-corrected chi connectivity index (χ4v) is 3.22. The van der Waals surface area contributed by atoms with E-state index in [9.17, 15) is 14.4 Å². The van der Waals surface area contributed by atoms with Gasteiger partial charge in [-0.3, -0.25) is 19.7 Å². The maximum absolute atomic E-state index is 12.7. The van der Waals surface area contributed by atoms with Crippen LogP contribution in [0.15, 0.2) is 0 Å². The first-order valence-electron chi connectivity index (χ1n) is 7.33. The molecule has 1 saturated heterocycles. The molecule has 3 amide bonds. The van der Waals surface area contributed by atoms with Crippen molar-refractivity contribution < 1.29 is 14.4 Å². The zero-order chi connectivity index (χ0) is 14.9. The van der Waals surface area contributed by atoms with Crippen molar-refractivity contribution in [2.45, 2.75) is 51.6 Å². The normalized spacial score (nSPS) is 34.9. The Morgan fingerprint density at radius 1 is 1.40 bits per heavy atom. The fraction of sp³-hybridized carbons (Fsp3) is 0.786. The van der Waals surface area contributed by atoms with Crippen molar-refractivity contribution >= 4 is 17.7 Å². The Bertz CT molecular complexity index is 424. The van der Waals surface area contributed by atoms with Gasteiger partial charge in [0.15, 0.2) is 0 Å². The van der Waals surface area contributed by atoms with Crippen LogP contribution < -0.4 is 11.1 Å². The average Bonchev–Trinajstić information content (AvgIpc) is 2.40. The van der Waals surface area contributed by atoms with Crippen LogP contribution in [0.2, 0.25) is 0 Å². The van der Waals surface area contributed by atoms with E-state index in [0.717, 1.165) is 12.8 Å². The summed E-state index contributed by atoms with van der Waals surface area (Å²) >= 11 is 0. The van der Waals surface area contributed by atoms with E-state index in [-0.39, 0.29) is 36.2 Å². The van der Waals surface area contributed by atoms with Crippen molar-refractivity contribution in [2.75, 3.05) is 6.54 Å². The van der Waals surface area contributed by atoms with Crippen LogP contribution in [-0.4, -0.2) is 41.2 Å². The van der Waals surface area contributed by atoms with Gasteiger partial charge in [-0.05, 0) is 31.6 Å². The van der Waals surface area contributed by atoms with E-state index in [2.05, 4.69) is 5.32 Å². The van der Waals surface area contributed by atoms with Crippen molar-refractivity contribution in [2.24, 2.45) is 17.6 Å². The molecule has 1 aliphatic heterocycles. The Morgan fingerprint density at radius 3 is 2.75 bits per heavy atom. The minimum atomic E-state index is -0.537. The molecule has 0 aromatic rings. The number of piperazine rings is 1. The third-order valence-corrected chi connectivity index (χ3v) is 4.48. The monoisotopic (exact) mass is 281 g/mol. The van der Waals surface area contributed by atoms with Gasteiger partial charge in [0.25, 0.3) is 0 Å². The van der Waals surface area contributed by atoms with E-state index in [1.54, 1.807) is 0 Å². The summed E-state index contributed by atoms with van der Waals surface area (Å²) in [7, 11) is 0. The molecule has 2 aliphatic rings. The SMILES string of the molecule is CCC1C(=O)NC(=O)CN1C(=O)C1CC(N)CCC1C. The molecule has 0 aromatic carbocycles. The van der Waals surface area contributed by atoms with Gasteiger partial charge in [0, 0.05) is 12.0 Å². The summed E-state index contributed by atoms with van der Waals surface area (Å²) in [6.07, 6.45) is 3.00. The molecule has 0 spiro atoms. The number of rotatable bonds is 2. The molecule has 4 atom stereocenters. The number of imide groups is 1. The molecule has 3 N–H and O–H groups in total. The molecule has 0 aromatic heterocycles. The predicted octanol–water partition coefficient (Wildman–Crippen LogP) is 0.0135. The van der Waals surface area contributed by atoms with Crippen LogP contribution in [0, 0.1) is 11.8 Å². The Morgan fingerprint density at radius 2 is 2.10 bits per heavy atom. The highest BCUT2D eigenvalue weighted by Gasteiger charge is 2.41. The van der Waals surface area contributed by atoms with Crippen molar-refractivity contribution in [1.29, 1.82) is 0 Å². The topological polar surface area (TPSA) is 92.5 Å². The zero-order valence-electron chi connectivity index (χ0n) is 12.1. The maximum atomic E-state index is 12.7. The van der Waals surface area contributed by atoms with E-state index >= 15 is 0 Å². The Labute approximate surface area is 119 Å². The van der Waals surface area contributed by atoms with Crippen LogP contribution in [0.4, 0.5) is 0 Å². The van der Waals surface area contributed by atoms with E-state index in [1.807, 2.05) is 13.8 Å². The molecule has 6 heteroatoms. The Kier molecular flexibility index (Phi) is 4.42. The second-order valence-corrected chi connectivity index (χ2v) is 5.96. The largest absolute Gasteiger partial charge is 0.328 e. The molecule has 1 saturated carbocycles. The Hall–Kier alpha value is -1.43. The smallest absolute Gasteiger partial charge is 0.249 e. The van der Waals surface area contributed by atoms with Gasteiger partial charge < -0.3 is 10.6 Å². The highest BCUT2D eigenvalue weighted by atomic mass is 16.2. The number of nitrogens with two attached hydrogens (primary N) is 1. The molecule has 0 bridgehead atoms. The second kappa shape index (κ2) is 5.91. The number of nitrogens with one attached hydrogen (secondary N) is 1. The van der Waals surface area contributed by atoms with Gasteiger partial charge in [-0.1, -0.05) is 13.8 Å². The molecular weight excluding hydrogens is 258 g/mol. The third-order valence-electron chi connectivity index (χ3n) is 4.48. The average molecular weight is 281 g/mol. The van der Waals surface area contributed by atoms with Gasteiger partial charge in [0.1, 0.15) is 12.6 Å². The predicted molar refractivity (Wildman–Crippen MR) is 73.4 cm³/mol. The van der Waals surface area contributed by atoms with E-state index in [4.69, 9.17) is 5.73 Å². The van der Waals surface area contributed by atoms with E-state index in [0.29, 0.717) is 12.8 Å². The van der Waals surface area contributed by atoms with Gasteiger partial charge in [0.05, 0.1) is 0 Å². The molecule has 20 heavy (non-hydrogen) atoms. The number of hydrogen-bond acceptors (Lipinski definition) is 4. The molecule has 2 rings (SSSR count). The van der Waals surface area contributed by atoms with Crippen LogP contribution in [0.25, 0.3) is 0 Å².